The Morgan fingerprint density at radius 3 is 2.60 bits per heavy atom. The van der Waals surface area contributed by atoms with E-state index >= 15 is 0 Å². The molecule has 1 fully saturated rings. The fourth-order valence-electron chi connectivity index (χ4n) is 4.81. The topological polar surface area (TPSA) is 77.4 Å². The molecule has 8 heteroatoms. The van der Waals surface area contributed by atoms with Crippen molar-refractivity contribution in [1.82, 2.24) is 4.90 Å². The van der Waals surface area contributed by atoms with Crippen LogP contribution in [0.4, 0.5) is 0 Å². The quantitative estimate of drug-likeness (QED) is 0.425. The summed E-state index contributed by atoms with van der Waals surface area (Å²) in [6, 6.07) is 8.47. The second-order valence-electron chi connectivity index (χ2n) is 9.43. The first-order valence-electron chi connectivity index (χ1n) is 12.4. The predicted molar refractivity (Wildman–Crippen MR) is 136 cm³/mol. The number of nitrogens with zero attached hydrogens (tertiary/aromatic N) is 2. The first kappa shape index (κ1) is 25.5. The lowest BCUT2D eigenvalue weighted by molar-refractivity contribution is -0.169. The maximum atomic E-state index is 13.3. The van der Waals surface area contributed by atoms with Crippen LogP contribution in [0.2, 0.25) is 0 Å². The standard InChI is InChI=1S/C27H33BrN2O5/c1-4-33-26-29-27(3)16-8-11-22(23(27)30(26)17-19-12-14-20(28)15-13-19)25(32)34-18(2)24(31)35-21-9-6-5-7-10-21/h8,11-15,18,21H,4-7,9-10,16-17H2,1-3H3. The molecular weight excluding hydrogens is 512 g/mol. The Bertz CT molecular complexity index is 1040. The molecule has 0 radical (unpaired) electrons. The van der Waals surface area contributed by atoms with Gasteiger partial charge in [0.2, 0.25) is 0 Å². The number of fused-ring (bicyclic) bond motifs is 1. The molecule has 188 valence electrons. The molecule has 2 atom stereocenters. The van der Waals surface area contributed by atoms with E-state index in [1.165, 1.54) is 6.42 Å². The Hall–Kier alpha value is -2.61. The molecule has 0 bridgehead atoms. The number of ether oxygens (including phenoxy) is 3. The molecule has 2 aliphatic carbocycles. The summed E-state index contributed by atoms with van der Waals surface area (Å²) in [6.45, 7) is 6.40. The number of halogens is 1. The van der Waals surface area contributed by atoms with Gasteiger partial charge in [0.25, 0.3) is 6.02 Å². The average Bonchev–Trinajstić information content (AvgIpc) is 3.12. The molecular formula is C27H33BrN2O5. The second-order valence-corrected chi connectivity index (χ2v) is 10.3. The monoisotopic (exact) mass is 544 g/mol. The largest absolute Gasteiger partial charge is 0.465 e. The number of aliphatic imine (C=N–C) groups is 1. The summed E-state index contributed by atoms with van der Waals surface area (Å²) in [5, 5.41) is 0. The van der Waals surface area contributed by atoms with Crippen molar-refractivity contribution in [2.75, 3.05) is 6.61 Å². The fourth-order valence-corrected chi connectivity index (χ4v) is 5.08. The number of amidine groups is 1. The first-order valence-corrected chi connectivity index (χ1v) is 13.2. The van der Waals surface area contributed by atoms with Crippen LogP contribution in [0.3, 0.4) is 0 Å². The van der Waals surface area contributed by atoms with Gasteiger partial charge in [0.1, 0.15) is 11.6 Å². The van der Waals surface area contributed by atoms with Gasteiger partial charge in [-0.2, -0.15) is 0 Å². The van der Waals surface area contributed by atoms with Crippen LogP contribution >= 0.6 is 15.9 Å². The summed E-state index contributed by atoms with van der Waals surface area (Å²) in [5.41, 5.74) is 1.49. The van der Waals surface area contributed by atoms with E-state index < -0.39 is 23.6 Å². The van der Waals surface area contributed by atoms with Crippen LogP contribution < -0.4 is 0 Å². The summed E-state index contributed by atoms with van der Waals surface area (Å²) in [7, 11) is 0. The Balaban J connectivity index is 1.56. The lowest BCUT2D eigenvalue weighted by atomic mass is 9.86. The molecule has 0 amide bonds. The first-order chi connectivity index (χ1) is 16.8. The van der Waals surface area contributed by atoms with Crippen LogP contribution in [0.25, 0.3) is 0 Å². The van der Waals surface area contributed by atoms with Gasteiger partial charge < -0.3 is 14.2 Å². The van der Waals surface area contributed by atoms with Crippen LogP contribution in [0, 0.1) is 0 Å². The molecule has 7 nitrogen and oxygen atoms in total. The Labute approximate surface area is 215 Å². The molecule has 0 N–H and O–H groups in total. The number of benzene rings is 1. The molecule has 1 aromatic carbocycles. The number of hydrogen-bond donors (Lipinski definition) is 0. The van der Waals surface area contributed by atoms with Crippen molar-refractivity contribution in [3.05, 3.63) is 57.7 Å². The minimum absolute atomic E-state index is 0.0873. The van der Waals surface area contributed by atoms with E-state index in [-0.39, 0.29) is 6.10 Å². The third kappa shape index (κ3) is 5.80. The van der Waals surface area contributed by atoms with Crippen molar-refractivity contribution in [2.24, 2.45) is 4.99 Å². The number of esters is 2. The SMILES string of the molecule is CCOC1=NC2(C)CC=CC(C(=O)OC(C)C(=O)OC3CCCCC3)=C2N1Cc1ccc(Br)cc1. The highest BCUT2D eigenvalue weighted by Gasteiger charge is 2.46. The smallest absolute Gasteiger partial charge is 0.347 e. The Morgan fingerprint density at radius 1 is 1.20 bits per heavy atom. The van der Waals surface area contributed by atoms with E-state index in [2.05, 4.69) is 15.9 Å². The maximum absolute atomic E-state index is 13.3. The highest BCUT2D eigenvalue weighted by molar-refractivity contribution is 9.10. The van der Waals surface area contributed by atoms with Crippen molar-refractivity contribution in [3.63, 3.8) is 0 Å². The zero-order valence-corrected chi connectivity index (χ0v) is 22.2. The third-order valence-electron chi connectivity index (χ3n) is 6.61. The number of carbonyl (C=O) groups excluding carboxylic acids is 2. The molecule has 0 spiro atoms. The van der Waals surface area contributed by atoms with E-state index in [1.807, 2.05) is 49.1 Å². The number of hydrogen-bond acceptors (Lipinski definition) is 7. The van der Waals surface area contributed by atoms with Crippen molar-refractivity contribution >= 4 is 33.9 Å². The van der Waals surface area contributed by atoms with Crippen LogP contribution in [0.1, 0.15) is 64.9 Å². The van der Waals surface area contributed by atoms with E-state index in [0.29, 0.717) is 31.2 Å². The second kappa shape index (κ2) is 11.0. The minimum atomic E-state index is -0.993. The zero-order valence-electron chi connectivity index (χ0n) is 20.6. The molecule has 1 saturated carbocycles. The lowest BCUT2D eigenvalue weighted by Gasteiger charge is -2.31. The average molecular weight is 545 g/mol. The van der Waals surface area contributed by atoms with Crippen LogP contribution in [0.5, 0.6) is 0 Å². The van der Waals surface area contributed by atoms with Crippen molar-refractivity contribution < 1.29 is 23.8 Å². The van der Waals surface area contributed by atoms with Gasteiger partial charge in [-0.3, -0.25) is 4.90 Å². The third-order valence-corrected chi connectivity index (χ3v) is 7.14. The van der Waals surface area contributed by atoms with Crippen LogP contribution in [-0.2, 0) is 30.3 Å². The highest BCUT2D eigenvalue weighted by atomic mass is 79.9. The molecule has 1 heterocycles. The molecule has 3 aliphatic rings. The Morgan fingerprint density at radius 2 is 1.91 bits per heavy atom. The van der Waals surface area contributed by atoms with Crippen LogP contribution in [-0.4, -0.2) is 47.2 Å². The molecule has 4 rings (SSSR count). The maximum Gasteiger partial charge on any atom is 0.347 e. The molecule has 0 saturated heterocycles. The lowest BCUT2D eigenvalue weighted by Crippen LogP contribution is -2.37. The van der Waals surface area contributed by atoms with Gasteiger partial charge in [0.05, 0.1) is 24.4 Å². The molecule has 0 aromatic heterocycles. The summed E-state index contributed by atoms with van der Waals surface area (Å²) < 4.78 is 18.1. The van der Waals surface area contributed by atoms with Gasteiger partial charge in [0, 0.05) is 4.47 Å². The highest BCUT2D eigenvalue weighted by Crippen LogP contribution is 2.42. The van der Waals surface area contributed by atoms with E-state index in [9.17, 15) is 9.59 Å². The summed E-state index contributed by atoms with van der Waals surface area (Å²) in [5.74, 6) is -1.06. The fraction of sp³-hybridized carbons (Fsp3) is 0.519. The van der Waals surface area contributed by atoms with Gasteiger partial charge >= 0.3 is 11.9 Å². The zero-order chi connectivity index (χ0) is 25.0. The summed E-state index contributed by atoms with van der Waals surface area (Å²) >= 11 is 3.47. The molecule has 35 heavy (non-hydrogen) atoms. The summed E-state index contributed by atoms with van der Waals surface area (Å²) in [4.78, 5) is 32.7. The van der Waals surface area contributed by atoms with Crippen molar-refractivity contribution in [1.29, 1.82) is 0 Å². The Kier molecular flexibility index (Phi) is 7.99. The van der Waals surface area contributed by atoms with Crippen molar-refractivity contribution in [3.8, 4) is 0 Å². The van der Waals surface area contributed by atoms with E-state index in [0.717, 1.165) is 41.4 Å². The van der Waals surface area contributed by atoms with Gasteiger partial charge in [-0.25, -0.2) is 14.6 Å². The van der Waals surface area contributed by atoms with Gasteiger partial charge in [-0.05, 0) is 76.6 Å². The van der Waals surface area contributed by atoms with E-state index in [4.69, 9.17) is 19.2 Å². The number of rotatable bonds is 7. The molecule has 2 unspecified atom stereocenters. The van der Waals surface area contributed by atoms with Gasteiger partial charge in [-0.1, -0.05) is 40.6 Å². The predicted octanol–water partition coefficient (Wildman–Crippen LogP) is 5.44. The van der Waals surface area contributed by atoms with Gasteiger partial charge in [0.15, 0.2) is 6.10 Å². The van der Waals surface area contributed by atoms with Crippen molar-refractivity contribution in [2.45, 2.75) is 83.6 Å². The molecule has 1 aliphatic heterocycles. The minimum Gasteiger partial charge on any atom is -0.465 e. The number of carbonyl (C=O) groups is 2. The van der Waals surface area contributed by atoms with Gasteiger partial charge in [-0.15, -0.1) is 0 Å². The molecule has 1 aromatic rings. The normalized spacial score (nSPS) is 23.0. The van der Waals surface area contributed by atoms with E-state index in [1.54, 1.807) is 13.0 Å². The van der Waals surface area contributed by atoms with Crippen LogP contribution in [0.15, 0.2) is 57.2 Å². The summed E-state index contributed by atoms with van der Waals surface area (Å²) in [6.07, 6.45) is 8.25.